The Kier molecular flexibility index (Phi) is 0.706. The van der Waals surface area contributed by atoms with Crippen LogP contribution < -0.4 is 5.32 Å². The minimum absolute atomic E-state index is 0.100. The molecule has 1 aliphatic carbocycles. The number of hydrogen-bond acceptors (Lipinski definition) is 2. The zero-order chi connectivity index (χ0) is 6.65. The van der Waals surface area contributed by atoms with E-state index in [4.69, 9.17) is 12.2 Å². The molecule has 0 aromatic rings. The summed E-state index contributed by atoms with van der Waals surface area (Å²) in [6.07, 6.45) is 0.970. The first-order valence-electron chi connectivity index (χ1n) is 3.00. The molecule has 2 aliphatic rings. The Bertz CT molecular complexity index is 213. The lowest BCUT2D eigenvalue weighted by molar-refractivity contribution is -0.123. The van der Waals surface area contributed by atoms with Crippen molar-refractivity contribution in [3.63, 3.8) is 0 Å². The second-order valence-corrected chi connectivity index (χ2v) is 3.43. The molecule has 1 saturated heterocycles. The number of carbonyl (C=O) groups excluding carboxylic acids is 1. The van der Waals surface area contributed by atoms with E-state index in [0.717, 1.165) is 11.4 Å². The smallest absolute Gasteiger partial charge is 0.231 e. The Balaban J connectivity index is 2.38. The van der Waals surface area contributed by atoms with Gasteiger partial charge in [-0.15, -0.1) is 0 Å². The van der Waals surface area contributed by atoms with Gasteiger partial charge in [-0.05, 0) is 6.42 Å². The average molecular weight is 141 g/mol. The van der Waals surface area contributed by atoms with Crippen molar-refractivity contribution in [2.75, 3.05) is 0 Å². The fourth-order valence-electron chi connectivity index (χ4n) is 1.34. The normalized spacial score (nSPS) is 46.6. The summed E-state index contributed by atoms with van der Waals surface area (Å²) in [6.45, 7) is 1.96. The fourth-order valence-corrected chi connectivity index (χ4v) is 1.78. The van der Waals surface area contributed by atoms with Crippen LogP contribution in [0.15, 0.2) is 0 Å². The van der Waals surface area contributed by atoms with Crippen LogP contribution >= 0.6 is 12.2 Å². The van der Waals surface area contributed by atoms with Gasteiger partial charge in [-0.1, -0.05) is 19.1 Å². The van der Waals surface area contributed by atoms with Crippen LogP contribution in [0.1, 0.15) is 13.3 Å². The van der Waals surface area contributed by atoms with Crippen LogP contribution in [0.25, 0.3) is 0 Å². The minimum atomic E-state index is -0.100. The second kappa shape index (κ2) is 1.19. The van der Waals surface area contributed by atoms with Gasteiger partial charge in [0.1, 0.15) is 0 Å². The van der Waals surface area contributed by atoms with E-state index in [-0.39, 0.29) is 11.3 Å². The zero-order valence-corrected chi connectivity index (χ0v) is 5.92. The molecule has 0 spiro atoms. The van der Waals surface area contributed by atoms with E-state index in [1.54, 1.807) is 0 Å². The maximum absolute atomic E-state index is 10.9. The molecule has 1 N–H and O–H groups in total. The van der Waals surface area contributed by atoms with Crippen LogP contribution in [-0.4, -0.2) is 10.9 Å². The Morgan fingerprint density at radius 3 is 2.67 bits per heavy atom. The second-order valence-electron chi connectivity index (χ2n) is 2.99. The molecule has 0 bridgehead atoms. The highest BCUT2D eigenvalue weighted by Crippen LogP contribution is 2.56. The number of piperidine rings is 1. The number of nitrogens with one attached hydrogen (secondary N) is 1. The third-order valence-corrected chi connectivity index (χ3v) is 2.70. The number of hydrogen-bond donors (Lipinski definition) is 1. The molecule has 0 aromatic carbocycles. The van der Waals surface area contributed by atoms with Gasteiger partial charge in [-0.2, -0.15) is 0 Å². The van der Waals surface area contributed by atoms with Crippen LogP contribution in [-0.2, 0) is 4.79 Å². The van der Waals surface area contributed by atoms with E-state index in [2.05, 4.69) is 5.32 Å². The van der Waals surface area contributed by atoms with Gasteiger partial charge in [-0.25, -0.2) is 0 Å². The van der Waals surface area contributed by atoms with E-state index in [0.29, 0.717) is 5.92 Å². The summed E-state index contributed by atoms with van der Waals surface area (Å²) in [5.74, 6) is 0.498. The summed E-state index contributed by atoms with van der Waals surface area (Å²) in [4.78, 5) is 11.7. The van der Waals surface area contributed by atoms with Crippen LogP contribution in [0.4, 0.5) is 0 Å². The van der Waals surface area contributed by atoms with Gasteiger partial charge in [0.25, 0.3) is 0 Å². The topological polar surface area (TPSA) is 29.1 Å². The summed E-state index contributed by atoms with van der Waals surface area (Å²) in [6, 6.07) is 0. The van der Waals surface area contributed by atoms with Crippen LogP contribution in [0.2, 0.25) is 0 Å². The zero-order valence-electron chi connectivity index (χ0n) is 5.10. The highest BCUT2D eigenvalue weighted by atomic mass is 32.1. The lowest BCUT2D eigenvalue weighted by Gasteiger charge is -1.97. The molecule has 2 nitrogen and oxygen atoms in total. The maximum atomic E-state index is 10.9. The van der Waals surface area contributed by atoms with Crippen molar-refractivity contribution in [1.29, 1.82) is 0 Å². The first kappa shape index (κ1) is 5.35. The fraction of sp³-hybridized carbons (Fsp3) is 0.667. The van der Waals surface area contributed by atoms with Gasteiger partial charge in [0, 0.05) is 5.92 Å². The standard InChI is InChI=1S/C6H7NOS/c1-6-2-3(6)4(9)7-5(6)8/h3H,2H2,1H3,(H,7,8,9). The Morgan fingerprint density at radius 2 is 2.56 bits per heavy atom. The van der Waals surface area contributed by atoms with Crippen molar-refractivity contribution >= 4 is 23.1 Å². The van der Waals surface area contributed by atoms with Gasteiger partial charge in [0.15, 0.2) is 0 Å². The minimum Gasteiger partial charge on any atom is -0.320 e. The number of thiocarbonyl (C=S) groups is 1. The molecular formula is C6H7NOS. The SMILES string of the molecule is CC12CC1C(=S)NC2=O. The van der Waals surface area contributed by atoms with Gasteiger partial charge in [0.2, 0.25) is 5.91 Å². The molecule has 1 amide bonds. The molecule has 1 saturated carbocycles. The quantitative estimate of drug-likeness (QED) is 0.497. The average Bonchev–Trinajstić information content (AvgIpc) is 2.38. The van der Waals surface area contributed by atoms with E-state index in [1.807, 2.05) is 6.92 Å². The molecule has 2 fully saturated rings. The number of carbonyl (C=O) groups is 1. The first-order chi connectivity index (χ1) is 4.14. The van der Waals surface area contributed by atoms with E-state index < -0.39 is 0 Å². The number of rotatable bonds is 0. The highest BCUT2D eigenvalue weighted by Gasteiger charge is 2.63. The summed E-state index contributed by atoms with van der Waals surface area (Å²) in [5, 5.41) is 2.65. The van der Waals surface area contributed by atoms with Crippen LogP contribution in [0.5, 0.6) is 0 Å². The molecule has 1 heterocycles. The van der Waals surface area contributed by atoms with E-state index in [1.165, 1.54) is 0 Å². The molecule has 0 aromatic heterocycles. The third-order valence-electron chi connectivity index (χ3n) is 2.31. The van der Waals surface area contributed by atoms with E-state index >= 15 is 0 Å². The van der Waals surface area contributed by atoms with Crippen molar-refractivity contribution in [2.45, 2.75) is 13.3 Å². The Hall–Kier alpha value is -0.440. The predicted molar refractivity (Wildman–Crippen MR) is 37.0 cm³/mol. The molecular weight excluding hydrogens is 134 g/mol. The lowest BCUT2D eigenvalue weighted by Crippen LogP contribution is -2.26. The molecule has 2 rings (SSSR count). The van der Waals surface area contributed by atoms with Crippen molar-refractivity contribution < 1.29 is 4.79 Å². The molecule has 2 atom stereocenters. The van der Waals surface area contributed by atoms with Crippen molar-refractivity contribution in [1.82, 2.24) is 5.32 Å². The predicted octanol–water partition coefficient (Wildman–Crippen LogP) is 0.470. The molecule has 0 radical (unpaired) electrons. The van der Waals surface area contributed by atoms with Crippen molar-refractivity contribution in [3.05, 3.63) is 0 Å². The maximum Gasteiger partial charge on any atom is 0.231 e. The summed E-state index contributed by atoms with van der Waals surface area (Å²) < 4.78 is 0. The van der Waals surface area contributed by atoms with E-state index in [9.17, 15) is 4.79 Å². The lowest BCUT2D eigenvalue weighted by atomic mass is 10.1. The highest BCUT2D eigenvalue weighted by molar-refractivity contribution is 7.80. The van der Waals surface area contributed by atoms with Crippen LogP contribution in [0.3, 0.4) is 0 Å². The van der Waals surface area contributed by atoms with Gasteiger partial charge < -0.3 is 5.32 Å². The molecule has 9 heavy (non-hydrogen) atoms. The summed E-state index contributed by atoms with van der Waals surface area (Å²) in [5.41, 5.74) is -0.100. The van der Waals surface area contributed by atoms with Crippen molar-refractivity contribution in [2.24, 2.45) is 11.3 Å². The molecule has 48 valence electrons. The number of fused-ring (bicyclic) bond motifs is 1. The Labute approximate surface area is 58.6 Å². The summed E-state index contributed by atoms with van der Waals surface area (Å²) >= 11 is 4.90. The monoisotopic (exact) mass is 141 g/mol. The largest absolute Gasteiger partial charge is 0.320 e. The van der Waals surface area contributed by atoms with Gasteiger partial charge in [0.05, 0.1) is 10.4 Å². The van der Waals surface area contributed by atoms with Crippen molar-refractivity contribution in [3.8, 4) is 0 Å². The molecule has 3 heteroatoms. The van der Waals surface area contributed by atoms with Gasteiger partial charge >= 0.3 is 0 Å². The molecule has 1 aliphatic heterocycles. The molecule has 2 unspecified atom stereocenters. The van der Waals surface area contributed by atoms with Crippen LogP contribution in [0, 0.1) is 11.3 Å². The Morgan fingerprint density at radius 1 is 1.89 bits per heavy atom. The summed E-state index contributed by atoms with van der Waals surface area (Å²) in [7, 11) is 0. The third kappa shape index (κ3) is 0.459. The number of amides is 1. The first-order valence-corrected chi connectivity index (χ1v) is 3.41. The van der Waals surface area contributed by atoms with Gasteiger partial charge in [-0.3, -0.25) is 4.79 Å².